The molecule has 1 fully saturated rings. The Morgan fingerprint density at radius 2 is 2.06 bits per heavy atom. The first-order chi connectivity index (χ1) is 14.2. The standard InChI is InChI=1S/C23H20FN4O.CH3.U/c24-21-12-16(6-7-18(21)14-25)22-13-17(23(29)27-19-8-10-26-15-19)9-11-28(22)20-4-2-1-3-5-20;;/h2-7,9,12-13,19,26H,8,10-11,15H2,(H,27,29);1H3;/q2*-1;+2. The molecule has 2 N–H and O–H groups in total. The summed E-state index contributed by atoms with van der Waals surface area (Å²) in [6, 6.07) is 16.9. The molecule has 0 spiro atoms. The van der Waals surface area contributed by atoms with Gasteiger partial charge in [0, 0.05) is 36.0 Å². The van der Waals surface area contributed by atoms with Gasteiger partial charge >= 0.3 is 31.1 Å². The van der Waals surface area contributed by atoms with Crippen molar-refractivity contribution < 1.29 is 40.3 Å². The quantitative estimate of drug-likeness (QED) is 0.505. The largest absolute Gasteiger partial charge is 2.00 e. The fourth-order valence-corrected chi connectivity index (χ4v) is 3.58. The molecule has 0 aliphatic carbocycles. The van der Waals surface area contributed by atoms with E-state index < -0.39 is 5.82 Å². The molecule has 2 heterocycles. The van der Waals surface area contributed by atoms with E-state index in [0.717, 1.165) is 25.2 Å². The van der Waals surface area contributed by atoms with E-state index in [-0.39, 0.29) is 56.1 Å². The van der Waals surface area contributed by atoms with Crippen LogP contribution in [-0.2, 0) is 4.79 Å². The van der Waals surface area contributed by atoms with Crippen molar-refractivity contribution in [3.8, 4) is 6.07 Å². The third kappa shape index (κ3) is 5.66. The van der Waals surface area contributed by atoms with Crippen LogP contribution in [0.15, 0.2) is 60.2 Å². The van der Waals surface area contributed by atoms with Gasteiger partial charge < -0.3 is 23.0 Å². The van der Waals surface area contributed by atoms with Crippen molar-refractivity contribution in [2.45, 2.75) is 12.5 Å². The molecule has 7 heteroatoms. The third-order valence-electron chi connectivity index (χ3n) is 5.13. The van der Waals surface area contributed by atoms with Gasteiger partial charge in [-0.25, -0.2) is 4.39 Å². The van der Waals surface area contributed by atoms with Gasteiger partial charge in [0.15, 0.2) is 0 Å². The van der Waals surface area contributed by atoms with Gasteiger partial charge in [-0.2, -0.15) is 23.5 Å². The molecule has 1 saturated heterocycles. The van der Waals surface area contributed by atoms with E-state index in [1.165, 1.54) is 12.1 Å². The van der Waals surface area contributed by atoms with Crippen LogP contribution in [0.1, 0.15) is 17.5 Å². The van der Waals surface area contributed by atoms with Crippen LogP contribution in [0.5, 0.6) is 0 Å². The molecular weight excluding hydrogens is 617 g/mol. The second-order valence-corrected chi connectivity index (χ2v) is 7.03. The van der Waals surface area contributed by atoms with Gasteiger partial charge in [0.25, 0.3) is 5.91 Å². The van der Waals surface area contributed by atoms with Crippen LogP contribution in [-0.4, -0.2) is 31.6 Å². The van der Waals surface area contributed by atoms with Crippen molar-refractivity contribution in [2.24, 2.45) is 0 Å². The van der Waals surface area contributed by atoms with Gasteiger partial charge in [-0.15, -0.1) is 12.1 Å². The monoisotopic (exact) mass is 640 g/mol. The number of halogens is 1. The molecule has 2 aromatic carbocycles. The van der Waals surface area contributed by atoms with Crippen LogP contribution < -0.4 is 15.5 Å². The van der Waals surface area contributed by atoms with Crippen LogP contribution in [0.4, 0.5) is 10.1 Å². The first-order valence-electron chi connectivity index (χ1n) is 9.53. The van der Waals surface area contributed by atoms with E-state index in [0.29, 0.717) is 23.4 Å². The summed E-state index contributed by atoms with van der Waals surface area (Å²) in [4.78, 5) is 14.8. The smallest absolute Gasteiger partial charge is 0.360 e. The first-order valence-corrected chi connectivity index (χ1v) is 9.53. The average molecular weight is 641 g/mol. The summed E-state index contributed by atoms with van der Waals surface area (Å²) in [5, 5.41) is 15.3. The van der Waals surface area contributed by atoms with Gasteiger partial charge in [0.05, 0.1) is 5.56 Å². The van der Waals surface area contributed by atoms with Gasteiger partial charge in [0.1, 0.15) is 11.9 Å². The molecule has 0 aromatic heterocycles. The molecule has 31 heavy (non-hydrogen) atoms. The Morgan fingerprint density at radius 3 is 2.71 bits per heavy atom. The van der Waals surface area contributed by atoms with Crippen molar-refractivity contribution in [1.82, 2.24) is 10.6 Å². The molecule has 0 radical (unpaired) electrons. The Kier molecular flexibility index (Phi) is 9.07. The third-order valence-corrected chi connectivity index (χ3v) is 5.13. The summed E-state index contributed by atoms with van der Waals surface area (Å²) in [6.45, 7) is 2.14. The predicted octanol–water partition coefficient (Wildman–Crippen LogP) is 3.21. The summed E-state index contributed by atoms with van der Waals surface area (Å²) >= 11 is 0. The molecule has 2 aromatic rings. The Bertz CT molecular complexity index is 1020. The maximum absolute atomic E-state index is 14.3. The fourth-order valence-electron chi connectivity index (χ4n) is 3.58. The van der Waals surface area contributed by atoms with Crippen LogP contribution >= 0.6 is 0 Å². The molecule has 1 amide bonds. The molecular formula is C24H23FN4OU. The molecule has 156 valence electrons. The number of carbonyl (C=O) groups is 1. The Hall–Kier alpha value is -2.38. The first kappa shape index (κ1) is 24.9. The zero-order valence-corrected chi connectivity index (χ0v) is 21.4. The number of hydrogen-bond acceptors (Lipinski definition) is 4. The van der Waals surface area contributed by atoms with Gasteiger partial charge in [0.2, 0.25) is 0 Å². The van der Waals surface area contributed by atoms with Crippen molar-refractivity contribution in [3.05, 3.63) is 90.6 Å². The average Bonchev–Trinajstić information content (AvgIpc) is 3.27. The number of hydrogen-bond donors (Lipinski definition) is 2. The van der Waals surface area contributed by atoms with Crippen LogP contribution in [0, 0.1) is 61.8 Å². The van der Waals surface area contributed by atoms with Crippen LogP contribution in [0.2, 0.25) is 0 Å². The van der Waals surface area contributed by atoms with Crippen molar-refractivity contribution in [1.29, 1.82) is 5.26 Å². The van der Waals surface area contributed by atoms with Crippen LogP contribution in [0.25, 0.3) is 5.70 Å². The number of rotatable bonds is 4. The Morgan fingerprint density at radius 1 is 1.29 bits per heavy atom. The predicted molar refractivity (Wildman–Crippen MR) is 116 cm³/mol. The Labute approximate surface area is 206 Å². The Balaban J connectivity index is 0.00000171. The molecule has 1 atom stereocenters. The second-order valence-electron chi connectivity index (χ2n) is 7.03. The minimum atomic E-state index is -0.579. The maximum atomic E-state index is 14.3. The van der Waals surface area contributed by atoms with Gasteiger partial charge in [-0.3, -0.25) is 4.79 Å². The number of amides is 1. The van der Waals surface area contributed by atoms with Crippen LogP contribution in [0.3, 0.4) is 0 Å². The number of anilines is 1. The van der Waals surface area contributed by atoms with Gasteiger partial charge in [-0.05, 0) is 31.2 Å². The topological polar surface area (TPSA) is 68.2 Å². The zero-order valence-electron chi connectivity index (χ0n) is 17.3. The SMILES string of the molecule is N#Cc1ccc(C2=CC(C(=O)NC3CCNC3)=CCN2c2cc[c-]cc2)cc1F.[CH3-].[U+2]. The zero-order chi connectivity index (χ0) is 20.2. The number of nitrogens with one attached hydrogen (secondary N) is 2. The van der Waals surface area contributed by atoms with E-state index >= 15 is 0 Å². The van der Waals surface area contributed by atoms with E-state index in [4.69, 9.17) is 5.26 Å². The molecule has 0 saturated carbocycles. The number of nitrogens with zero attached hydrogens (tertiary/aromatic N) is 2. The fraction of sp³-hybridized carbons (Fsp3) is 0.208. The van der Waals surface area contributed by atoms with Crippen molar-refractivity contribution in [3.63, 3.8) is 0 Å². The van der Waals surface area contributed by atoms with Gasteiger partial charge in [-0.1, -0.05) is 17.8 Å². The molecule has 0 bridgehead atoms. The molecule has 1 unspecified atom stereocenters. The van der Waals surface area contributed by atoms with E-state index in [2.05, 4.69) is 16.7 Å². The number of carbonyl (C=O) groups excluding carboxylic acids is 1. The normalized spacial score (nSPS) is 17.4. The molecule has 2 aliphatic heterocycles. The van der Waals surface area contributed by atoms with E-state index in [1.807, 2.05) is 41.3 Å². The molecule has 5 nitrogen and oxygen atoms in total. The minimum absolute atomic E-state index is 0. The van der Waals surface area contributed by atoms with E-state index in [9.17, 15) is 9.18 Å². The van der Waals surface area contributed by atoms with Crippen molar-refractivity contribution >= 4 is 17.3 Å². The number of nitriles is 1. The second kappa shape index (κ2) is 11.3. The summed E-state index contributed by atoms with van der Waals surface area (Å²) in [5.41, 5.74) is 2.77. The number of benzene rings is 2. The summed E-state index contributed by atoms with van der Waals surface area (Å²) in [5.74, 6) is -0.712. The molecule has 4 rings (SSSR count). The summed E-state index contributed by atoms with van der Waals surface area (Å²) in [6.07, 6.45) is 4.56. The maximum Gasteiger partial charge on any atom is 2.00 e. The summed E-state index contributed by atoms with van der Waals surface area (Å²) in [7, 11) is 0. The minimum Gasteiger partial charge on any atom is -0.360 e. The van der Waals surface area contributed by atoms with Crippen molar-refractivity contribution in [2.75, 3.05) is 24.5 Å². The molecule has 2 aliphatic rings. The van der Waals surface area contributed by atoms with E-state index in [1.54, 1.807) is 12.1 Å². The summed E-state index contributed by atoms with van der Waals surface area (Å²) < 4.78 is 14.3.